The number of likely N-dealkylation sites (tertiary alicyclic amines) is 2. The highest BCUT2D eigenvalue weighted by molar-refractivity contribution is 5.81. The maximum atomic E-state index is 12.3. The van der Waals surface area contributed by atoms with E-state index in [1.54, 1.807) is 23.8 Å². The monoisotopic (exact) mass is 595 g/mol. The van der Waals surface area contributed by atoms with Gasteiger partial charge in [0.15, 0.2) is 0 Å². The highest BCUT2D eigenvalue weighted by Gasteiger charge is 2.40. The predicted molar refractivity (Wildman–Crippen MR) is 161 cm³/mol. The summed E-state index contributed by atoms with van der Waals surface area (Å²) in [5.41, 5.74) is 1.91. The first-order chi connectivity index (χ1) is 20.7. The smallest absolute Gasteiger partial charge is 0.410 e. The molecule has 10 nitrogen and oxygen atoms in total. The Bertz CT molecular complexity index is 1190. The Morgan fingerprint density at radius 3 is 1.51 bits per heavy atom. The van der Waals surface area contributed by atoms with E-state index in [1.807, 2.05) is 67.6 Å². The molecular weight excluding hydrogens is 550 g/mol. The van der Waals surface area contributed by atoms with Crippen LogP contribution in [0.4, 0.5) is 9.59 Å². The molecule has 3 amide bonds. The summed E-state index contributed by atoms with van der Waals surface area (Å²) >= 11 is 0. The molecule has 2 aliphatic rings. The lowest BCUT2D eigenvalue weighted by Gasteiger charge is -2.21. The summed E-state index contributed by atoms with van der Waals surface area (Å²) in [5.74, 6) is 0.174. The number of Topliss-reactive ketones (excluding diaryl/α,β-unsaturated/α-hetero) is 1. The molecule has 4 rings (SSSR count). The molecule has 0 unspecified atom stereocenters. The summed E-state index contributed by atoms with van der Waals surface area (Å²) in [6, 6.07) is 19.1. The quantitative estimate of drug-likeness (QED) is 0.368. The molecule has 0 spiro atoms. The van der Waals surface area contributed by atoms with E-state index in [-0.39, 0.29) is 60.8 Å². The molecule has 0 aromatic heterocycles. The molecule has 0 radical (unpaired) electrons. The fourth-order valence-electron chi connectivity index (χ4n) is 5.55. The number of carbonyl (C=O) groups excluding carboxylic acids is 4. The zero-order valence-corrected chi connectivity index (χ0v) is 25.9. The Balaban J connectivity index is 0.000000238. The lowest BCUT2D eigenvalue weighted by atomic mass is 9.91. The van der Waals surface area contributed by atoms with Gasteiger partial charge in [-0.1, -0.05) is 87.4 Å². The molecule has 0 N–H and O–H groups in total. The van der Waals surface area contributed by atoms with E-state index in [0.717, 1.165) is 24.0 Å². The third-order valence-corrected chi connectivity index (χ3v) is 8.28. The molecule has 0 bridgehead atoms. The number of hydrogen-bond acceptors (Lipinski definition) is 7. The van der Waals surface area contributed by atoms with Crippen LogP contribution in [0.25, 0.3) is 0 Å². The average molecular weight is 596 g/mol. The molecule has 2 heterocycles. The minimum atomic E-state index is -0.373. The van der Waals surface area contributed by atoms with Crippen LogP contribution in [0.5, 0.6) is 0 Å². The van der Waals surface area contributed by atoms with Gasteiger partial charge in [0.2, 0.25) is 0 Å². The molecule has 2 fully saturated rings. The van der Waals surface area contributed by atoms with Crippen molar-refractivity contribution >= 4 is 23.9 Å². The SMILES string of the molecule is CC[C@@H]1CN(C(=O)OCc2ccccc2)C[C@@H]1C(=O)N(C)OC.CC[C@@H]1CN(C(=O)OCc2ccccc2)C[C@@H]1C(C)=O. The number of rotatable bonds is 9. The van der Waals surface area contributed by atoms with Gasteiger partial charge in [-0.15, -0.1) is 0 Å². The van der Waals surface area contributed by atoms with Gasteiger partial charge >= 0.3 is 12.2 Å². The highest BCUT2D eigenvalue weighted by atomic mass is 16.7. The molecule has 2 aliphatic heterocycles. The third-order valence-electron chi connectivity index (χ3n) is 8.28. The highest BCUT2D eigenvalue weighted by Crippen LogP contribution is 2.29. The van der Waals surface area contributed by atoms with E-state index in [9.17, 15) is 19.2 Å². The Hall–Kier alpha value is -3.92. The number of ether oxygens (including phenoxy) is 2. The standard InChI is InChI=1S/C17H24N2O4.C16H21NO3/c1-4-14-10-19(11-15(14)16(20)18(2)22-3)17(21)23-12-13-8-6-5-7-9-13;1-3-14-9-17(10-15(14)12(2)18)16(19)20-11-13-7-5-4-6-8-13/h5-9,14-15H,4,10-12H2,1-3H3;4-8,14-15H,3,9-11H2,1-2H3/t14-,15+;14-,15-/m11/s1. The molecule has 0 aliphatic carbocycles. The normalized spacial score (nSPS) is 21.0. The van der Waals surface area contributed by atoms with Crippen LogP contribution in [0.15, 0.2) is 60.7 Å². The van der Waals surface area contributed by atoms with Crippen LogP contribution in [0.2, 0.25) is 0 Å². The Kier molecular flexibility index (Phi) is 13.0. The van der Waals surface area contributed by atoms with Crippen molar-refractivity contribution in [1.29, 1.82) is 0 Å². The van der Waals surface area contributed by atoms with E-state index >= 15 is 0 Å². The maximum Gasteiger partial charge on any atom is 0.410 e. The Morgan fingerprint density at radius 2 is 1.14 bits per heavy atom. The van der Waals surface area contributed by atoms with Crippen molar-refractivity contribution in [3.05, 3.63) is 71.8 Å². The molecule has 0 saturated carbocycles. The molecule has 4 atom stereocenters. The first-order valence-corrected chi connectivity index (χ1v) is 14.9. The van der Waals surface area contributed by atoms with Crippen molar-refractivity contribution < 1.29 is 33.5 Å². The maximum absolute atomic E-state index is 12.3. The first-order valence-electron chi connectivity index (χ1n) is 14.9. The van der Waals surface area contributed by atoms with Crippen molar-refractivity contribution in [2.45, 2.75) is 46.8 Å². The molecule has 10 heteroatoms. The summed E-state index contributed by atoms with van der Waals surface area (Å²) in [7, 11) is 3.05. The lowest BCUT2D eigenvalue weighted by Crippen LogP contribution is -2.36. The van der Waals surface area contributed by atoms with Gasteiger partial charge in [-0.2, -0.15) is 0 Å². The van der Waals surface area contributed by atoms with E-state index in [1.165, 1.54) is 12.2 Å². The van der Waals surface area contributed by atoms with Crippen LogP contribution in [-0.4, -0.2) is 79.1 Å². The van der Waals surface area contributed by atoms with Crippen molar-refractivity contribution in [1.82, 2.24) is 14.9 Å². The van der Waals surface area contributed by atoms with Crippen LogP contribution >= 0.6 is 0 Å². The topological polar surface area (TPSA) is 106 Å². The predicted octanol–water partition coefficient (Wildman–Crippen LogP) is 5.17. The second-order valence-corrected chi connectivity index (χ2v) is 11.1. The van der Waals surface area contributed by atoms with Crippen molar-refractivity contribution in [3.8, 4) is 0 Å². The van der Waals surface area contributed by atoms with Gasteiger partial charge in [-0.05, 0) is 29.9 Å². The van der Waals surface area contributed by atoms with E-state index < -0.39 is 0 Å². The van der Waals surface area contributed by atoms with Gasteiger partial charge < -0.3 is 19.3 Å². The van der Waals surface area contributed by atoms with Crippen LogP contribution in [0, 0.1) is 23.7 Å². The molecule has 2 saturated heterocycles. The number of hydroxylamine groups is 2. The number of amides is 3. The number of nitrogens with zero attached hydrogens (tertiary/aromatic N) is 3. The minimum absolute atomic E-state index is 0.0377. The number of benzene rings is 2. The second kappa shape index (κ2) is 16.6. The summed E-state index contributed by atoms with van der Waals surface area (Å²) in [5, 5.41) is 1.23. The van der Waals surface area contributed by atoms with Gasteiger partial charge in [0.25, 0.3) is 5.91 Å². The Labute approximate surface area is 254 Å². The summed E-state index contributed by atoms with van der Waals surface area (Å²) in [4.78, 5) is 56.4. The lowest BCUT2D eigenvalue weighted by molar-refractivity contribution is -0.174. The largest absolute Gasteiger partial charge is 0.445 e. The molecular formula is C33H45N3O7. The van der Waals surface area contributed by atoms with Crippen LogP contribution in [0.1, 0.15) is 44.7 Å². The third kappa shape index (κ3) is 9.54. The van der Waals surface area contributed by atoms with Gasteiger partial charge in [0, 0.05) is 39.1 Å². The van der Waals surface area contributed by atoms with Gasteiger partial charge in [0.1, 0.15) is 19.0 Å². The molecule has 43 heavy (non-hydrogen) atoms. The van der Waals surface area contributed by atoms with Gasteiger partial charge in [-0.25, -0.2) is 14.7 Å². The molecule has 2 aromatic carbocycles. The summed E-state index contributed by atoms with van der Waals surface area (Å²) in [6.45, 7) is 8.22. The number of carbonyl (C=O) groups is 4. The van der Waals surface area contributed by atoms with Crippen LogP contribution in [0.3, 0.4) is 0 Å². The van der Waals surface area contributed by atoms with Gasteiger partial charge in [0.05, 0.1) is 13.0 Å². The summed E-state index contributed by atoms with van der Waals surface area (Å²) < 4.78 is 10.7. The first kappa shape index (κ1) is 33.6. The number of ketones is 1. The van der Waals surface area contributed by atoms with Crippen molar-refractivity contribution in [3.63, 3.8) is 0 Å². The fourth-order valence-corrected chi connectivity index (χ4v) is 5.55. The minimum Gasteiger partial charge on any atom is -0.445 e. The fraction of sp³-hybridized carbons (Fsp3) is 0.515. The average Bonchev–Trinajstić information content (AvgIpc) is 3.68. The Morgan fingerprint density at radius 1 is 0.721 bits per heavy atom. The van der Waals surface area contributed by atoms with Gasteiger partial charge in [-0.3, -0.25) is 14.4 Å². The van der Waals surface area contributed by atoms with E-state index in [2.05, 4.69) is 6.92 Å². The summed E-state index contributed by atoms with van der Waals surface area (Å²) in [6.07, 6.45) is 1.04. The number of hydrogen-bond donors (Lipinski definition) is 0. The van der Waals surface area contributed by atoms with Crippen LogP contribution < -0.4 is 0 Å². The second-order valence-electron chi connectivity index (χ2n) is 11.1. The zero-order valence-electron chi connectivity index (χ0n) is 25.9. The van der Waals surface area contributed by atoms with E-state index in [4.69, 9.17) is 14.3 Å². The molecule has 234 valence electrons. The van der Waals surface area contributed by atoms with Crippen molar-refractivity contribution in [2.24, 2.45) is 23.7 Å². The van der Waals surface area contributed by atoms with Crippen LogP contribution in [-0.2, 0) is 37.1 Å². The van der Waals surface area contributed by atoms with E-state index in [0.29, 0.717) is 26.2 Å². The van der Waals surface area contributed by atoms with Crippen molar-refractivity contribution in [2.75, 3.05) is 40.3 Å². The molecule has 2 aromatic rings. The zero-order chi connectivity index (χ0) is 31.4.